The zero-order valence-corrected chi connectivity index (χ0v) is 15.1. The first kappa shape index (κ1) is 18.3. The summed E-state index contributed by atoms with van der Waals surface area (Å²) in [4.78, 5) is 28.1. The number of hydrogen-bond donors (Lipinski definition) is 1. The molecule has 1 heterocycles. The third-order valence-electron chi connectivity index (χ3n) is 4.53. The second kappa shape index (κ2) is 8.71. The van der Waals surface area contributed by atoms with E-state index >= 15 is 0 Å². The molecule has 1 aliphatic rings. The monoisotopic (exact) mass is 331 g/mol. The molecule has 0 unspecified atom stereocenters. The smallest absolute Gasteiger partial charge is 0.253 e. The second-order valence-electron chi connectivity index (χ2n) is 6.73. The molecule has 1 aromatic rings. The van der Waals surface area contributed by atoms with Crippen LogP contribution in [0.15, 0.2) is 18.2 Å². The molecular weight excluding hydrogens is 302 g/mol. The summed E-state index contributed by atoms with van der Waals surface area (Å²) in [7, 11) is 3.47. The Balaban J connectivity index is 1.98. The van der Waals surface area contributed by atoms with E-state index in [4.69, 9.17) is 0 Å². The molecule has 2 amide bonds. The van der Waals surface area contributed by atoms with Gasteiger partial charge in [0.2, 0.25) is 5.91 Å². The van der Waals surface area contributed by atoms with Crippen LogP contribution in [0.25, 0.3) is 0 Å². The van der Waals surface area contributed by atoms with Crippen LogP contribution in [0.2, 0.25) is 0 Å². The van der Waals surface area contributed by atoms with E-state index in [0.29, 0.717) is 5.56 Å². The fourth-order valence-corrected chi connectivity index (χ4v) is 2.98. The van der Waals surface area contributed by atoms with E-state index in [9.17, 15) is 9.59 Å². The average molecular weight is 331 g/mol. The van der Waals surface area contributed by atoms with E-state index in [1.54, 1.807) is 19.0 Å². The molecule has 1 saturated heterocycles. The molecule has 0 atom stereocenters. The number of nitrogens with zero attached hydrogens (tertiary/aromatic N) is 2. The van der Waals surface area contributed by atoms with E-state index in [-0.39, 0.29) is 18.4 Å². The number of benzene rings is 1. The molecule has 132 valence electrons. The molecule has 0 aliphatic carbocycles. The van der Waals surface area contributed by atoms with Gasteiger partial charge in [-0.15, -0.1) is 0 Å². The first-order valence-corrected chi connectivity index (χ1v) is 8.83. The summed E-state index contributed by atoms with van der Waals surface area (Å²) in [6.07, 6.45) is 5.90. The van der Waals surface area contributed by atoms with Crippen molar-refractivity contribution in [2.75, 3.05) is 39.0 Å². The number of likely N-dealkylation sites (tertiary alicyclic amines) is 1. The van der Waals surface area contributed by atoms with Gasteiger partial charge in [-0.1, -0.05) is 25.3 Å². The largest absolute Gasteiger partial charge is 0.376 e. The summed E-state index contributed by atoms with van der Waals surface area (Å²) >= 11 is 0. The van der Waals surface area contributed by atoms with Crippen LogP contribution in [0.3, 0.4) is 0 Å². The van der Waals surface area contributed by atoms with Gasteiger partial charge in [0.05, 0.1) is 6.54 Å². The van der Waals surface area contributed by atoms with Gasteiger partial charge in [-0.05, 0) is 37.5 Å². The number of rotatable bonds is 4. The van der Waals surface area contributed by atoms with Crippen LogP contribution in [0.4, 0.5) is 5.69 Å². The molecule has 0 bridgehead atoms. The van der Waals surface area contributed by atoms with Crippen LogP contribution in [-0.2, 0) is 4.79 Å². The van der Waals surface area contributed by atoms with Gasteiger partial charge in [-0.25, -0.2) is 0 Å². The Bertz CT molecular complexity index is 576. The lowest BCUT2D eigenvalue weighted by molar-refractivity contribution is -0.129. The van der Waals surface area contributed by atoms with Crippen LogP contribution < -0.4 is 5.32 Å². The van der Waals surface area contributed by atoms with Gasteiger partial charge in [0.15, 0.2) is 0 Å². The number of aryl methyl sites for hydroxylation is 1. The van der Waals surface area contributed by atoms with Gasteiger partial charge in [0.25, 0.3) is 5.91 Å². The van der Waals surface area contributed by atoms with Crippen molar-refractivity contribution < 1.29 is 9.59 Å². The maximum Gasteiger partial charge on any atom is 0.253 e. The molecule has 0 radical (unpaired) electrons. The third kappa shape index (κ3) is 4.98. The maximum absolute atomic E-state index is 12.5. The van der Waals surface area contributed by atoms with E-state index in [1.165, 1.54) is 19.3 Å². The molecule has 24 heavy (non-hydrogen) atoms. The second-order valence-corrected chi connectivity index (χ2v) is 6.73. The number of amides is 2. The summed E-state index contributed by atoms with van der Waals surface area (Å²) in [5, 5.41) is 3.22. The van der Waals surface area contributed by atoms with Crippen LogP contribution in [0.5, 0.6) is 0 Å². The van der Waals surface area contributed by atoms with Crippen molar-refractivity contribution in [3.05, 3.63) is 29.3 Å². The Morgan fingerprint density at radius 2 is 1.71 bits per heavy atom. The minimum atomic E-state index is -0.0341. The van der Waals surface area contributed by atoms with Crippen molar-refractivity contribution in [2.24, 2.45) is 0 Å². The van der Waals surface area contributed by atoms with Gasteiger partial charge >= 0.3 is 0 Å². The lowest BCUT2D eigenvalue weighted by Gasteiger charge is -2.25. The van der Waals surface area contributed by atoms with Crippen molar-refractivity contribution in [3.63, 3.8) is 0 Å². The van der Waals surface area contributed by atoms with Crippen LogP contribution in [-0.4, -0.2) is 55.3 Å². The van der Waals surface area contributed by atoms with E-state index < -0.39 is 0 Å². The highest BCUT2D eigenvalue weighted by molar-refractivity contribution is 5.95. The minimum absolute atomic E-state index is 0.0341. The highest BCUT2D eigenvalue weighted by atomic mass is 16.2. The van der Waals surface area contributed by atoms with Crippen LogP contribution >= 0.6 is 0 Å². The van der Waals surface area contributed by atoms with Gasteiger partial charge in [-0.3, -0.25) is 9.59 Å². The molecule has 1 fully saturated rings. The van der Waals surface area contributed by atoms with Crippen molar-refractivity contribution in [1.82, 2.24) is 9.80 Å². The van der Waals surface area contributed by atoms with Crippen LogP contribution in [0.1, 0.15) is 48.0 Å². The lowest BCUT2D eigenvalue weighted by Crippen LogP contribution is -2.37. The summed E-state index contributed by atoms with van der Waals surface area (Å²) in [6.45, 7) is 3.98. The minimum Gasteiger partial charge on any atom is -0.376 e. The predicted octanol–water partition coefficient (Wildman–Crippen LogP) is 2.90. The van der Waals surface area contributed by atoms with Crippen molar-refractivity contribution >= 4 is 17.5 Å². The normalized spacial score (nSPS) is 15.4. The van der Waals surface area contributed by atoms with E-state index in [2.05, 4.69) is 5.32 Å². The Morgan fingerprint density at radius 3 is 2.33 bits per heavy atom. The number of carbonyl (C=O) groups excluding carboxylic acids is 2. The molecule has 1 aromatic carbocycles. The first-order valence-electron chi connectivity index (χ1n) is 8.83. The maximum atomic E-state index is 12.5. The van der Waals surface area contributed by atoms with Crippen molar-refractivity contribution in [2.45, 2.75) is 39.0 Å². The Labute approximate surface area is 145 Å². The number of carbonyl (C=O) groups is 2. The van der Waals surface area contributed by atoms with Gasteiger partial charge in [0.1, 0.15) is 0 Å². The summed E-state index contributed by atoms with van der Waals surface area (Å²) in [5.74, 6) is 0.105. The molecule has 0 aromatic heterocycles. The van der Waals surface area contributed by atoms with Gasteiger partial charge in [-0.2, -0.15) is 0 Å². The Hall–Kier alpha value is -2.04. The summed E-state index contributed by atoms with van der Waals surface area (Å²) in [6, 6.07) is 5.57. The zero-order chi connectivity index (χ0) is 17.5. The summed E-state index contributed by atoms with van der Waals surface area (Å²) in [5.41, 5.74) is 2.51. The Morgan fingerprint density at radius 1 is 1.08 bits per heavy atom. The fraction of sp³-hybridized carbons (Fsp3) is 0.579. The van der Waals surface area contributed by atoms with E-state index in [1.807, 2.05) is 30.0 Å². The number of nitrogens with one attached hydrogen (secondary N) is 1. The number of anilines is 1. The standard InChI is InChI=1S/C19H29N3O2/c1-15-9-10-16(19(24)21(2)3)13-17(15)20-14-18(23)22-11-7-5-4-6-8-12-22/h9-10,13,20H,4-8,11-12,14H2,1-3H3. The highest BCUT2D eigenvalue weighted by Gasteiger charge is 2.15. The van der Waals surface area contributed by atoms with Crippen molar-refractivity contribution in [3.8, 4) is 0 Å². The number of hydrogen-bond acceptors (Lipinski definition) is 3. The van der Waals surface area contributed by atoms with Gasteiger partial charge < -0.3 is 15.1 Å². The molecule has 0 spiro atoms. The highest BCUT2D eigenvalue weighted by Crippen LogP contribution is 2.18. The Kier molecular flexibility index (Phi) is 6.64. The topological polar surface area (TPSA) is 52.7 Å². The van der Waals surface area contributed by atoms with Gasteiger partial charge in [0, 0.05) is 38.4 Å². The summed E-state index contributed by atoms with van der Waals surface area (Å²) < 4.78 is 0. The first-order chi connectivity index (χ1) is 11.5. The fourth-order valence-electron chi connectivity index (χ4n) is 2.98. The molecule has 5 heteroatoms. The molecule has 1 N–H and O–H groups in total. The molecule has 1 aliphatic heterocycles. The average Bonchev–Trinajstić information content (AvgIpc) is 2.52. The zero-order valence-electron chi connectivity index (χ0n) is 15.1. The lowest BCUT2D eigenvalue weighted by atomic mass is 10.1. The van der Waals surface area contributed by atoms with Crippen molar-refractivity contribution in [1.29, 1.82) is 0 Å². The predicted molar refractivity (Wildman–Crippen MR) is 97.4 cm³/mol. The quantitative estimate of drug-likeness (QED) is 0.923. The van der Waals surface area contributed by atoms with Crippen LogP contribution in [0, 0.1) is 6.92 Å². The van der Waals surface area contributed by atoms with E-state index in [0.717, 1.165) is 37.2 Å². The molecule has 2 rings (SSSR count). The SMILES string of the molecule is Cc1ccc(C(=O)N(C)C)cc1NCC(=O)N1CCCCCCC1. The third-order valence-corrected chi connectivity index (χ3v) is 4.53. The molecule has 0 saturated carbocycles. The molecule has 5 nitrogen and oxygen atoms in total. The molecular formula is C19H29N3O2.